The molecule has 0 unspecified atom stereocenters. The zero-order valence-corrected chi connectivity index (χ0v) is 16.3. The molecule has 0 heterocycles. The second kappa shape index (κ2) is 7.83. The fourth-order valence-corrected chi connectivity index (χ4v) is 6.20. The normalized spacial score (nSPS) is 12.1. The van der Waals surface area contributed by atoms with Gasteiger partial charge < -0.3 is 0 Å². The Morgan fingerprint density at radius 2 is 1.36 bits per heavy atom. The van der Waals surface area contributed by atoms with Crippen molar-refractivity contribution in [1.82, 2.24) is 0 Å². The number of sulfone groups is 1. The Hall–Kier alpha value is -2.13. The maximum atomic E-state index is 12.9. The number of benzene rings is 3. The van der Waals surface area contributed by atoms with E-state index in [9.17, 15) is 8.42 Å². The van der Waals surface area contributed by atoms with Crippen LogP contribution in [0.5, 0.6) is 0 Å². The SMILES string of the molecule is Cc1ccc(S(=O)(=O)/C=C(/[Se]c2ccccc2)c2ccccc2)cc1. The molecule has 0 spiro atoms. The van der Waals surface area contributed by atoms with Crippen molar-refractivity contribution in [2.45, 2.75) is 11.8 Å². The number of hydrogen-bond donors (Lipinski definition) is 0. The van der Waals surface area contributed by atoms with Crippen molar-refractivity contribution in [2.75, 3.05) is 0 Å². The molecule has 0 fully saturated rings. The molecule has 0 saturated carbocycles. The summed E-state index contributed by atoms with van der Waals surface area (Å²) >= 11 is -0.0968. The summed E-state index contributed by atoms with van der Waals surface area (Å²) in [7, 11) is -3.49. The van der Waals surface area contributed by atoms with Crippen LogP contribution in [0.25, 0.3) is 4.47 Å². The number of aryl methyl sites for hydroxylation is 1. The molecule has 3 aromatic carbocycles. The third-order valence-corrected chi connectivity index (χ3v) is 7.72. The van der Waals surface area contributed by atoms with Gasteiger partial charge in [0.1, 0.15) is 0 Å². The topological polar surface area (TPSA) is 34.1 Å². The minimum absolute atomic E-state index is 0.0968. The maximum absolute atomic E-state index is 12.9. The summed E-state index contributed by atoms with van der Waals surface area (Å²) in [6.45, 7) is 1.94. The fraction of sp³-hybridized carbons (Fsp3) is 0.0476. The van der Waals surface area contributed by atoms with Crippen LogP contribution in [0.2, 0.25) is 0 Å². The van der Waals surface area contributed by atoms with Crippen molar-refractivity contribution < 1.29 is 8.42 Å². The van der Waals surface area contributed by atoms with E-state index in [1.807, 2.05) is 79.7 Å². The van der Waals surface area contributed by atoms with E-state index in [1.54, 1.807) is 12.1 Å². The van der Waals surface area contributed by atoms with Crippen LogP contribution in [0.15, 0.2) is 95.2 Å². The van der Waals surface area contributed by atoms with Crippen LogP contribution >= 0.6 is 0 Å². The average molecular weight is 413 g/mol. The molecule has 0 saturated heterocycles. The van der Waals surface area contributed by atoms with Gasteiger partial charge in [-0.1, -0.05) is 0 Å². The van der Waals surface area contributed by atoms with Gasteiger partial charge in [-0.05, 0) is 0 Å². The molecule has 126 valence electrons. The van der Waals surface area contributed by atoms with Crippen molar-refractivity contribution in [1.29, 1.82) is 0 Å². The van der Waals surface area contributed by atoms with Gasteiger partial charge in [-0.15, -0.1) is 0 Å². The molecule has 0 aromatic heterocycles. The third-order valence-electron chi connectivity index (χ3n) is 3.64. The third kappa shape index (κ3) is 4.70. The Morgan fingerprint density at radius 1 is 0.800 bits per heavy atom. The van der Waals surface area contributed by atoms with Crippen LogP contribution in [0.1, 0.15) is 11.1 Å². The van der Waals surface area contributed by atoms with Crippen molar-refractivity contribution in [3.63, 3.8) is 0 Å². The first-order valence-electron chi connectivity index (χ1n) is 7.86. The van der Waals surface area contributed by atoms with Crippen molar-refractivity contribution in [2.24, 2.45) is 0 Å². The molecule has 2 nitrogen and oxygen atoms in total. The van der Waals surface area contributed by atoms with Crippen molar-refractivity contribution >= 4 is 33.7 Å². The predicted molar refractivity (Wildman–Crippen MR) is 105 cm³/mol. The molecule has 3 aromatic rings. The summed E-state index contributed by atoms with van der Waals surface area (Å²) < 4.78 is 27.7. The molecule has 4 heteroatoms. The van der Waals surface area contributed by atoms with E-state index >= 15 is 0 Å². The van der Waals surface area contributed by atoms with E-state index in [4.69, 9.17) is 0 Å². The second-order valence-electron chi connectivity index (χ2n) is 5.62. The van der Waals surface area contributed by atoms with Gasteiger partial charge in [0.05, 0.1) is 0 Å². The second-order valence-corrected chi connectivity index (χ2v) is 9.76. The first-order valence-corrected chi connectivity index (χ1v) is 11.1. The van der Waals surface area contributed by atoms with Gasteiger partial charge in [0, 0.05) is 0 Å². The van der Waals surface area contributed by atoms with Crippen LogP contribution in [-0.2, 0) is 9.84 Å². The van der Waals surface area contributed by atoms with Crippen molar-refractivity contribution in [3.05, 3.63) is 101 Å². The number of rotatable bonds is 5. The minimum atomic E-state index is -3.49. The van der Waals surface area contributed by atoms with E-state index < -0.39 is 9.84 Å². The zero-order valence-electron chi connectivity index (χ0n) is 13.8. The van der Waals surface area contributed by atoms with Gasteiger partial charge >= 0.3 is 155 Å². The predicted octanol–water partition coefficient (Wildman–Crippen LogP) is 3.80. The van der Waals surface area contributed by atoms with Crippen LogP contribution in [0, 0.1) is 6.92 Å². The zero-order chi connectivity index (χ0) is 17.7. The van der Waals surface area contributed by atoms with Crippen LogP contribution in [-0.4, -0.2) is 23.4 Å². The van der Waals surface area contributed by atoms with Gasteiger partial charge in [0.25, 0.3) is 0 Å². The molecule has 0 atom stereocenters. The monoisotopic (exact) mass is 414 g/mol. The Balaban J connectivity index is 2.04. The summed E-state index contributed by atoms with van der Waals surface area (Å²) in [4.78, 5) is 0.329. The van der Waals surface area contributed by atoms with E-state index in [0.29, 0.717) is 4.90 Å². The van der Waals surface area contributed by atoms with E-state index in [1.165, 1.54) is 5.41 Å². The molecule has 0 radical (unpaired) electrons. The Labute approximate surface area is 155 Å². The molecule has 3 rings (SSSR count). The Kier molecular flexibility index (Phi) is 5.54. The molecule has 0 N–H and O–H groups in total. The molecule has 0 aliphatic carbocycles. The summed E-state index contributed by atoms with van der Waals surface area (Å²) in [5.74, 6) is 0. The van der Waals surface area contributed by atoms with Gasteiger partial charge in [-0.2, -0.15) is 0 Å². The first-order chi connectivity index (χ1) is 12.0. The van der Waals surface area contributed by atoms with Gasteiger partial charge in [0.2, 0.25) is 0 Å². The van der Waals surface area contributed by atoms with Crippen LogP contribution in [0.3, 0.4) is 0 Å². The number of hydrogen-bond acceptors (Lipinski definition) is 2. The van der Waals surface area contributed by atoms with E-state index in [2.05, 4.69) is 0 Å². The van der Waals surface area contributed by atoms with Gasteiger partial charge in [-0.3, -0.25) is 0 Å². The van der Waals surface area contributed by atoms with Gasteiger partial charge in [0.15, 0.2) is 0 Å². The van der Waals surface area contributed by atoms with E-state index in [0.717, 1.165) is 20.1 Å². The molecule has 0 amide bonds. The quantitative estimate of drug-likeness (QED) is 0.597. The summed E-state index contributed by atoms with van der Waals surface area (Å²) in [5, 5.41) is 1.43. The van der Waals surface area contributed by atoms with Gasteiger partial charge in [-0.25, -0.2) is 0 Å². The van der Waals surface area contributed by atoms with E-state index in [-0.39, 0.29) is 15.0 Å². The van der Waals surface area contributed by atoms with Crippen LogP contribution < -0.4 is 4.46 Å². The molecule has 0 aliphatic rings. The molecular weight excluding hydrogens is 395 g/mol. The standard InChI is InChI=1S/C21H18O2SSe/c1-17-12-14-19(15-13-17)24(22,23)16-21(18-8-4-2-5-9-18)25-20-10-6-3-7-11-20/h2-16H,1H3/b21-16+. The fourth-order valence-electron chi connectivity index (χ4n) is 2.31. The summed E-state index contributed by atoms with van der Waals surface area (Å²) in [6, 6.07) is 26.7. The molecule has 0 aliphatic heterocycles. The Bertz CT molecular complexity index is 961. The average Bonchev–Trinajstić information content (AvgIpc) is 2.63. The summed E-state index contributed by atoms with van der Waals surface area (Å²) in [6.07, 6.45) is 0. The molecule has 25 heavy (non-hydrogen) atoms. The van der Waals surface area contributed by atoms with Crippen LogP contribution in [0.4, 0.5) is 0 Å². The first kappa shape index (κ1) is 17.7. The Morgan fingerprint density at radius 3 is 1.96 bits per heavy atom. The summed E-state index contributed by atoms with van der Waals surface area (Å²) in [5.41, 5.74) is 1.99. The molecule has 0 bridgehead atoms. The molecular formula is C21H18O2SSe. The van der Waals surface area contributed by atoms with Crippen molar-refractivity contribution in [3.8, 4) is 0 Å².